The molecule has 0 aromatic heterocycles. The maximum Gasteiger partial charge on any atom is 0.360 e. The van der Waals surface area contributed by atoms with Crippen molar-refractivity contribution >= 4 is 47.6 Å². The van der Waals surface area contributed by atoms with Crippen LogP contribution in [0.25, 0.3) is 0 Å². The van der Waals surface area contributed by atoms with E-state index < -0.39 is 87.1 Å². The first-order chi connectivity index (χ1) is 19.7. The zero-order valence-corrected chi connectivity index (χ0v) is 22.2. The number of aliphatic hydroxyl groups is 1. The third-order valence-corrected chi connectivity index (χ3v) is 5.69. The van der Waals surface area contributed by atoms with Crippen molar-refractivity contribution in [2.75, 3.05) is 28.4 Å². The van der Waals surface area contributed by atoms with E-state index >= 15 is 0 Å². The van der Waals surface area contributed by atoms with E-state index in [0.717, 1.165) is 52.7 Å². The number of carboxylic acids is 2. The van der Waals surface area contributed by atoms with E-state index in [2.05, 4.69) is 18.9 Å². The maximum atomic E-state index is 13.6. The summed E-state index contributed by atoms with van der Waals surface area (Å²) in [5.41, 5.74) is -7.37. The standard InChI is InChI=1S/C26H22O16/c1-38-21(32)13-7-5-11(9-15(13)23(34)40-3)17(27)26(25(36)37,18(28)19(29)30)42-20(31)12-6-8-14(22(33)39-2)16(10-12)24(35)41-4/h5-10,18,28H,1-4H3,(H,29,30)(H,36,37)/t18-,26+/m0/s1. The molecule has 16 heteroatoms. The van der Waals surface area contributed by atoms with Crippen molar-refractivity contribution in [3.05, 3.63) is 69.8 Å². The molecule has 2 aromatic carbocycles. The molecule has 2 aromatic rings. The number of hydrogen-bond acceptors (Lipinski definition) is 14. The van der Waals surface area contributed by atoms with Crippen molar-refractivity contribution in [1.29, 1.82) is 0 Å². The second kappa shape index (κ2) is 13.1. The second-order valence-corrected chi connectivity index (χ2v) is 7.99. The van der Waals surface area contributed by atoms with Gasteiger partial charge in [0.1, 0.15) is 0 Å². The van der Waals surface area contributed by atoms with Crippen molar-refractivity contribution in [2.45, 2.75) is 11.7 Å². The van der Waals surface area contributed by atoms with Gasteiger partial charge in [0.05, 0.1) is 56.3 Å². The Balaban J connectivity index is 2.77. The van der Waals surface area contributed by atoms with Crippen LogP contribution in [-0.2, 0) is 33.3 Å². The minimum absolute atomic E-state index is 0.381. The fraction of sp³-hybridized carbons (Fsp3) is 0.231. The van der Waals surface area contributed by atoms with Gasteiger partial charge in [-0.1, -0.05) is 6.07 Å². The van der Waals surface area contributed by atoms with Crippen molar-refractivity contribution < 1.29 is 77.4 Å². The van der Waals surface area contributed by atoms with Gasteiger partial charge in [0.15, 0.2) is 0 Å². The molecule has 0 aliphatic heterocycles. The SMILES string of the molecule is COC(=O)c1ccc(C(=O)O[C@](C(=O)O)(C(=O)c2ccc(C(=O)OC)c(C(=O)OC)c2)[C@@H](O)C(=O)O)cc1C(=O)OC. The second-order valence-electron chi connectivity index (χ2n) is 7.99. The highest BCUT2D eigenvalue weighted by molar-refractivity contribution is 6.20. The molecule has 0 saturated heterocycles. The quantitative estimate of drug-likeness (QED) is 0.136. The van der Waals surface area contributed by atoms with Crippen LogP contribution in [0.2, 0.25) is 0 Å². The minimum atomic E-state index is -3.89. The first-order valence-corrected chi connectivity index (χ1v) is 11.2. The van der Waals surface area contributed by atoms with Crippen molar-refractivity contribution in [2.24, 2.45) is 0 Å². The number of carbonyl (C=O) groups excluding carboxylic acids is 6. The normalized spacial score (nSPS) is 12.5. The number of ketones is 1. The summed E-state index contributed by atoms with van der Waals surface area (Å²) in [6.45, 7) is 0. The van der Waals surface area contributed by atoms with Gasteiger partial charge in [0.25, 0.3) is 0 Å². The summed E-state index contributed by atoms with van der Waals surface area (Å²) in [7, 11) is 3.84. The molecule has 2 rings (SSSR count). The highest BCUT2D eigenvalue weighted by Gasteiger charge is 2.60. The van der Waals surface area contributed by atoms with Gasteiger partial charge >= 0.3 is 47.4 Å². The summed E-state index contributed by atoms with van der Waals surface area (Å²) >= 11 is 0. The number of ether oxygens (including phenoxy) is 5. The highest BCUT2D eigenvalue weighted by atomic mass is 16.6. The van der Waals surface area contributed by atoms with E-state index in [1.54, 1.807) is 0 Å². The molecule has 0 spiro atoms. The molecule has 2 atom stereocenters. The lowest BCUT2D eigenvalue weighted by atomic mass is 9.85. The molecular weight excluding hydrogens is 568 g/mol. The summed E-state index contributed by atoms with van der Waals surface area (Å²) in [5.74, 6) is -12.8. The van der Waals surface area contributed by atoms with Crippen LogP contribution in [0.1, 0.15) is 62.1 Å². The van der Waals surface area contributed by atoms with Crippen LogP contribution in [0.3, 0.4) is 0 Å². The number of esters is 5. The van der Waals surface area contributed by atoms with Gasteiger partial charge in [0.2, 0.25) is 11.9 Å². The van der Waals surface area contributed by atoms with Gasteiger partial charge in [-0.25, -0.2) is 33.6 Å². The molecule has 0 bridgehead atoms. The number of rotatable bonds is 11. The number of aliphatic hydroxyl groups excluding tert-OH is 1. The fourth-order valence-electron chi connectivity index (χ4n) is 3.57. The summed E-state index contributed by atoms with van der Waals surface area (Å²) in [5, 5.41) is 29.8. The summed E-state index contributed by atoms with van der Waals surface area (Å²) in [6.07, 6.45) is -3.23. The van der Waals surface area contributed by atoms with Crippen molar-refractivity contribution in [3.63, 3.8) is 0 Å². The number of aliphatic carboxylic acids is 2. The molecule has 16 nitrogen and oxygen atoms in total. The van der Waals surface area contributed by atoms with Crippen molar-refractivity contribution in [1.82, 2.24) is 0 Å². The van der Waals surface area contributed by atoms with Crippen LogP contribution in [0.5, 0.6) is 0 Å². The molecule has 0 aliphatic rings. The minimum Gasteiger partial charge on any atom is -0.479 e. The first-order valence-electron chi connectivity index (χ1n) is 11.2. The molecule has 0 radical (unpaired) electrons. The molecule has 42 heavy (non-hydrogen) atoms. The van der Waals surface area contributed by atoms with Crippen LogP contribution in [-0.4, -0.2) is 103 Å². The Bertz CT molecular complexity index is 1490. The maximum absolute atomic E-state index is 13.6. The molecule has 0 heterocycles. The number of carboxylic acid groups (broad SMARTS) is 2. The van der Waals surface area contributed by atoms with Crippen LogP contribution in [0.4, 0.5) is 0 Å². The Labute approximate surface area is 235 Å². The Morgan fingerprint density at radius 2 is 0.976 bits per heavy atom. The number of methoxy groups -OCH3 is 4. The first kappa shape index (κ1) is 32.6. The molecule has 0 aliphatic carbocycles. The Morgan fingerprint density at radius 1 is 0.595 bits per heavy atom. The largest absolute Gasteiger partial charge is 0.479 e. The highest BCUT2D eigenvalue weighted by Crippen LogP contribution is 2.28. The monoisotopic (exact) mass is 590 g/mol. The molecule has 0 saturated carbocycles. The molecule has 0 fully saturated rings. The number of benzene rings is 2. The molecule has 3 N–H and O–H groups in total. The lowest BCUT2D eigenvalue weighted by Crippen LogP contribution is -2.61. The van der Waals surface area contributed by atoms with Gasteiger partial charge < -0.3 is 39.0 Å². The van der Waals surface area contributed by atoms with Gasteiger partial charge in [-0.2, -0.15) is 0 Å². The number of hydrogen-bond donors (Lipinski definition) is 3. The predicted molar refractivity (Wildman–Crippen MR) is 132 cm³/mol. The topological polar surface area (TPSA) is 243 Å². The summed E-state index contributed by atoms with van der Waals surface area (Å²) in [4.78, 5) is 99.4. The zero-order chi connectivity index (χ0) is 31.9. The van der Waals surface area contributed by atoms with Crippen LogP contribution in [0, 0.1) is 0 Å². The molecule has 0 amide bonds. The molecular formula is C26H22O16. The lowest BCUT2D eigenvalue weighted by molar-refractivity contribution is -0.176. The Kier molecular flexibility index (Phi) is 10.2. The van der Waals surface area contributed by atoms with E-state index in [-0.39, 0.29) is 5.56 Å². The molecule has 0 unspecified atom stereocenters. The van der Waals surface area contributed by atoms with Crippen LogP contribution >= 0.6 is 0 Å². The number of Topliss-reactive ketones (excluding diaryl/α,β-unsaturated/α-hetero) is 1. The average molecular weight is 590 g/mol. The summed E-state index contributed by atoms with van der Waals surface area (Å²) < 4.78 is 23.0. The smallest absolute Gasteiger partial charge is 0.360 e. The van der Waals surface area contributed by atoms with E-state index in [4.69, 9.17) is 4.74 Å². The van der Waals surface area contributed by atoms with Crippen molar-refractivity contribution in [3.8, 4) is 0 Å². The van der Waals surface area contributed by atoms with Gasteiger partial charge in [-0.3, -0.25) is 4.79 Å². The van der Waals surface area contributed by atoms with Gasteiger partial charge in [-0.05, 0) is 30.3 Å². The van der Waals surface area contributed by atoms with E-state index in [0.29, 0.717) is 12.1 Å². The Morgan fingerprint density at radius 3 is 1.36 bits per heavy atom. The Hall–Kier alpha value is -5.64. The van der Waals surface area contributed by atoms with E-state index in [1.165, 1.54) is 0 Å². The predicted octanol–water partition coefficient (Wildman–Crippen LogP) is 0.142. The third kappa shape index (κ3) is 6.07. The van der Waals surface area contributed by atoms with Gasteiger partial charge in [0, 0.05) is 5.56 Å². The van der Waals surface area contributed by atoms with Crippen LogP contribution < -0.4 is 0 Å². The third-order valence-electron chi connectivity index (χ3n) is 5.69. The molecule has 222 valence electrons. The van der Waals surface area contributed by atoms with E-state index in [1.807, 2.05) is 0 Å². The average Bonchev–Trinajstić information content (AvgIpc) is 3.00. The van der Waals surface area contributed by atoms with Gasteiger partial charge in [-0.15, -0.1) is 0 Å². The zero-order valence-electron chi connectivity index (χ0n) is 22.2. The fourth-order valence-corrected chi connectivity index (χ4v) is 3.57. The van der Waals surface area contributed by atoms with E-state index in [9.17, 15) is 53.7 Å². The summed E-state index contributed by atoms with van der Waals surface area (Å²) in [6, 6.07) is 4.74. The lowest BCUT2D eigenvalue weighted by Gasteiger charge is -2.30. The van der Waals surface area contributed by atoms with Crippen LogP contribution in [0.15, 0.2) is 36.4 Å². The number of carbonyl (C=O) groups is 8.